The van der Waals surface area contributed by atoms with Crippen LogP contribution in [0.2, 0.25) is 0 Å². The molecule has 0 radical (unpaired) electrons. The Balaban J connectivity index is 2.89. The third-order valence-corrected chi connectivity index (χ3v) is 2.65. The lowest BCUT2D eigenvalue weighted by molar-refractivity contribution is 0.146. The van der Waals surface area contributed by atoms with Gasteiger partial charge in [-0.3, -0.25) is 0 Å². The van der Waals surface area contributed by atoms with Crippen LogP contribution in [0.25, 0.3) is 0 Å². The van der Waals surface area contributed by atoms with Crippen molar-refractivity contribution in [1.29, 1.82) is 0 Å². The molecule has 1 nitrogen and oxygen atoms in total. The molecule has 0 fully saturated rings. The Hall–Kier alpha value is -0.410. The lowest BCUT2D eigenvalue weighted by Gasteiger charge is -2.14. The highest BCUT2D eigenvalue weighted by molar-refractivity contribution is 9.10. The molecule has 14 heavy (non-hydrogen) atoms. The van der Waals surface area contributed by atoms with Crippen molar-refractivity contribution in [2.45, 2.75) is 26.4 Å². The van der Waals surface area contributed by atoms with E-state index in [0.717, 1.165) is 0 Å². The van der Waals surface area contributed by atoms with Crippen molar-refractivity contribution in [2.24, 2.45) is 5.92 Å². The van der Waals surface area contributed by atoms with Crippen LogP contribution in [0.3, 0.4) is 0 Å². The van der Waals surface area contributed by atoms with Crippen molar-refractivity contribution in [3.05, 3.63) is 34.1 Å². The van der Waals surface area contributed by atoms with Gasteiger partial charge in [0.05, 0.1) is 10.6 Å². The number of rotatable bonds is 3. The molecule has 0 aromatic heterocycles. The number of benzene rings is 1. The topological polar surface area (TPSA) is 20.2 Å². The maximum absolute atomic E-state index is 13.5. The Morgan fingerprint density at radius 1 is 1.43 bits per heavy atom. The maximum Gasteiger partial charge on any atom is 0.143 e. The zero-order valence-corrected chi connectivity index (χ0v) is 9.88. The van der Waals surface area contributed by atoms with Gasteiger partial charge in [0.1, 0.15) is 5.82 Å². The molecule has 0 saturated carbocycles. The van der Waals surface area contributed by atoms with Gasteiger partial charge in [0.2, 0.25) is 0 Å². The predicted molar refractivity (Wildman–Crippen MR) is 58.5 cm³/mol. The molecular formula is C11H14BrFO. The molecule has 1 aromatic carbocycles. The van der Waals surface area contributed by atoms with E-state index in [1.54, 1.807) is 18.2 Å². The van der Waals surface area contributed by atoms with E-state index in [-0.39, 0.29) is 5.82 Å². The van der Waals surface area contributed by atoms with Crippen LogP contribution >= 0.6 is 15.9 Å². The molecule has 3 heteroatoms. The average Bonchev–Trinajstić information content (AvgIpc) is 2.08. The molecule has 0 aliphatic carbocycles. The van der Waals surface area contributed by atoms with Crippen LogP contribution in [-0.4, -0.2) is 5.11 Å². The molecule has 0 bridgehead atoms. The van der Waals surface area contributed by atoms with Gasteiger partial charge in [-0.2, -0.15) is 0 Å². The molecule has 1 atom stereocenters. The van der Waals surface area contributed by atoms with Gasteiger partial charge in [-0.1, -0.05) is 26.0 Å². The Bertz CT molecular complexity index is 312. The van der Waals surface area contributed by atoms with E-state index in [0.29, 0.717) is 22.4 Å². The zero-order valence-electron chi connectivity index (χ0n) is 8.30. The molecule has 1 rings (SSSR count). The van der Waals surface area contributed by atoms with Gasteiger partial charge in [-0.25, -0.2) is 4.39 Å². The number of hydrogen-bond donors (Lipinski definition) is 1. The van der Waals surface area contributed by atoms with Crippen LogP contribution in [0.4, 0.5) is 4.39 Å². The summed E-state index contributed by atoms with van der Waals surface area (Å²) in [4.78, 5) is 0. The summed E-state index contributed by atoms with van der Waals surface area (Å²) in [5.74, 6) is -0.0102. The van der Waals surface area contributed by atoms with Crippen LogP contribution in [-0.2, 0) is 0 Å². The number of halogens is 2. The van der Waals surface area contributed by atoms with Crippen LogP contribution in [0, 0.1) is 11.7 Å². The van der Waals surface area contributed by atoms with Gasteiger partial charge in [0.25, 0.3) is 0 Å². The Morgan fingerprint density at radius 3 is 2.64 bits per heavy atom. The highest BCUT2D eigenvalue weighted by Crippen LogP contribution is 2.27. The van der Waals surface area contributed by atoms with E-state index in [1.165, 1.54) is 0 Å². The Kier molecular flexibility index (Phi) is 4.08. The van der Waals surface area contributed by atoms with Gasteiger partial charge in [0.15, 0.2) is 0 Å². The molecule has 78 valence electrons. The van der Waals surface area contributed by atoms with Crippen LogP contribution in [0.15, 0.2) is 22.7 Å². The highest BCUT2D eigenvalue weighted by atomic mass is 79.9. The van der Waals surface area contributed by atoms with Crippen molar-refractivity contribution in [3.63, 3.8) is 0 Å². The normalized spacial score (nSPS) is 13.3. The van der Waals surface area contributed by atoms with Crippen LogP contribution in [0.1, 0.15) is 31.9 Å². The molecule has 0 spiro atoms. The summed E-state index contributed by atoms with van der Waals surface area (Å²) in [6.45, 7) is 4.00. The molecule has 0 saturated heterocycles. The summed E-state index contributed by atoms with van der Waals surface area (Å²) in [7, 11) is 0. The highest BCUT2D eigenvalue weighted by Gasteiger charge is 2.15. The second kappa shape index (κ2) is 4.89. The minimum absolute atomic E-state index is 0.350. The van der Waals surface area contributed by atoms with E-state index in [9.17, 15) is 9.50 Å². The van der Waals surface area contributed by atoms with E-state index in [4.69, 9.17) is 0 Å². The summed E-state index contributed by atoms with van der Waals surface area (Å²) in [5, 5.41) is 9.74. The second-order valence-electron chi connectivity index (χ2n) is 3.79. The molecular weight excluding hydrogens is 247 g/mol. The quantitative estimate of drug-likeness (QED) is 0.880. The zero-order chi connectivity index (χ0) is 10.7. The van der Waals surface area contributed by atoms with Crippen molar-refractivity contribution in [3.8, 4) is 0 Å². The summed E-state index contributed by atoms with van der Waals surface area (Å²) in [6.07, 6.45) is -0.139. The first-order chi connectivity index (χ1) is 6.52. The third-order valence-electron chi connectivity index (χ3n) is 2.04. The van der Waals surface area contributed by atoms with E-state index >= 15 is 0 Å². The van der Waals surface area contributed by atoms with Crippen molar-refractivity contribution in [1.82, 2.24) is 0 Å². The first-order valence-electron chi connectivity index (χ1n) is 4.64. The van der Waals surface area contributed by atoms with E-state index < -0.39 is 6.10 Å². The summed E-state index contributed by atoms with van der Waals surface area (Å²) < 4.78 is 13.9. The summed E-state index contributed by atoms with van der Waals surface area (Å²) in [5.41, 5.74) is 0.369. The number of hydrogen-bond acceptors (Lipinski definition) is 1. The SMILES string of the molecule is CC(C)CC(O)c1cccc(Br)c1F. The lowest BCUT2D eigenvalue weighted by atomic mass is 9.99. The summed E-state index contributed by atoms with van der Waals surface area (Å²) in [6, 6.07) is 4.97. The smallest absolute Gasteiger partial charge is 0.143 e. The fourth-order valence-corrected chi connectivity index (χ4v) is 1.73. The molecule has 0 heterocycles. The first-order valence-corrected chi connectivity index (χ1v) is 5.43. The fourth-order valence-electron chi connectivity index (χ4n) is 1.35. The maximum atomic E-state index is 13.5. The molecule has 1 unspecified atom stereocenters. The molecule has 0 aliphatic rings. The van der Waals surface area contributed by atoms with Crippen molar-refractivity contribution < 1.29 is 9.50 Å². The Morgan fingerprint density at radius 2 is 2.07 bits per heavy atom. The molecule has 1 aromatic rings. The minimum Gasteiger partial charge on any atom is -0.388 e. The lowest BCUT2D eigenvalue weighted by Crippen LogP contribution is -2.04. The van der Waals surface area contributed by atoms with Crippen LogP contribution in [0.5, 0.6) is 0 Å². The van der Waals surface area contributed by atoms with Gasteiger partial charge in [-0.15, -0.1) is 0 Å². The molecule has 1 N–H and O–H groups in total. The van der Waals surface area contributed by atoms with Gasteiger partial charge < -0.3 is 5.11 Å². The van der Waals surface area contributed by atoms with Crippen molar-refractivity contribution >= 4 is 15.9 Å². The summed E-state index contributed by atoms with van der Waals surface area (Å²) >= 11 is 3.09. The van der Waals surface area contributed by atoms with Gasteiger partial charge in [-0.05, 0) is 34.3 Å². The molecule has 0 amide bonds. The van der Waals surface area contributed by atoms with Gasteiger partial charge in [0, 0.05) is 5.56 Å². The average molecular weight is 261 g/mol. The predicted octanol–water partition coefficient (Wildman–Crippen LogP) is 3.67. The fraction of sp³-hybridized carbons (Fsp3) is 0.455. The largest absolute Gasteiger partial charge is 0.388 e. The number of aliphatic hydroxyl groups excluding tert-OH is 1. The second-order valence-corrected chi connectivity index (χ2v) is 4.64. The standard InChI is InChI=1S/C11H14BrFO/c1-7(2)6-10(14)8-4-3-5-9(12)11(8)13/h3-5,7,10,14H,6H2,1-2H3. The Labute approximate surface area is 92.1 Å². The minimum atomic E-state index is -0.715. The van der Waals surface area contributed by atoms with E-state index in [2.05, 4.69) is 15.9 Å². The van der Waals surface area contributed by atoms with Crippen LogP contribution < -0.4 is 0 Å². The first kappa shape index (κ1) is 11.7. The molecule has 0 aliphatic heterocycles. The van der Waals surface area contributed by atoms with Crippen molar-refractivity contribution in [2.75, 3.05) is 0 Å². The van der Waals surface area contributed by atoms with E-state index in [1.807, 2.05) is 13.8 Å². The number of aliphatic hydroxyl groups is 1. The third kappa shape index (κ3) is 2.79. The van der Waals surface area contributed by atoms with Gasteiger partial charge >= 0.3 is 0 Å². The monoisotopic (exact) mass is 260 g/mol.